The van der Waals surface area contributed by atoms with Gasteiger partial charge in [0.1, 0.15) is 5.69 Å². The van der Waals surface area contributed by atoms with E-state index in [0.717, 1.165) is 6.20 Å². The minimum absolute atomic E-state index is 0.113. The Morgan fingerprint density at radius 2 is 2.24 bits per heavy atom. The Kier molecular flexibility index (Phi) is 4.38. The van der Waals surface area contributed by atoms with Gasteiger partial charge in [-0.25, -0.2) is 4.98 Å². The smallest absolute Gasteiger partial charge is 0.307 e. The van der Waals surface area contributed by atoms with Crippen LogP contribution in [0.15, 0.2) is 17.2 Å². The van der Waals surface area contributed by atoms with Crippen molar-refractivity contribution in [2.24, 2.45) is 0 Å². The lowest BCUT2D eigenvalue weighted by Crippen LogP contribution is -2.30. The number of aromatic nitrogens is 2. The molecule has 7 nitrogen and oxygen atoms in total. The molecule has 0 bridgehead atoms. The van der Waals surface area contributed by atoms with E-state index in [4.69, 9.17) is 0 Å². The Morgan fingerprint density at radius 1 is 1.53 bits per heavy atom. The number of hydrogen-bond acceptors (Lipinski definition) is 5. The summed E-state index contributed by atoms with van der Waals surface area (Å²) in [7, 11) is 2.83. The Balaban J connectivity index is 2.60. The molecule has 0 fully saturated rings. The van der Waals surface area contributed by atoms with Gasteiger partial charge in [-0.2, -0.15) is 0 Å². The molecule has 0 spiro atoms. The maximum absolute atomic E-state index is 11.7. The highest BCUT2D eigenvalue weighted by molar-refractivity contribution is 5.91. The molecule has 92 valence electrons. The van der Waals surface area contributed by atoms with Crippen LogP contribution >= 0.6 is 0 Å². The molecule has 0 radical (unpaired) electrons. The Hall–Kier alpha value is -2.18. The van der Waals surface area contributed by atoms with Gasteiger partial charge in [0.05, 0.1) is 19.7 Å². The molecule has 1 amide bonds. The van der Waals surface area contributed by atoms with Crippen molar-refractivity contribution >= 4 is 11.9 Å². The molecule has 1 N–H and O–H groups in total. The van der Waals surface area contributed by atoms with Gasteiger partial charge >= 0.3 is 5.97 Å². The predicted molar refractivity (Wildman–Crippen MR) is 58.5 cm³/mol. The van der Waals surface area contributed by atoms with E-state index in [1.807, 2.05) is 0 Å². The van der Waals surface area contributed by atoms with Crippen LogP contribution in [-0.4, -0.2) is 47.4 Å². The van der Waals surface area contributed by atoms with Crippen LogP contribution < -0.4 is 5.56 Å². The van der Waals surface area contributed by atoms with Gasteiger partial charge in [0, 0.05) is 19.8 Å². The molecule has 0 saturated carbocycles. The molecule has 1 aromatic heterocycles. The number of amides is 1. The number of ether oxygens (including phenoxy) is 1. The van der Waals surface area contributed by atoms with Crippen LogP contribution in [0.4, 0.5) is 0 Å². The van der Waals surface area contributed by atoms with E-state index in [9.17, 15) is 14.4 Å². The molecule has 1 rings (SSSR count). The van der Waals surface area contributed by atoms with Crippen molar-refractivity contribution in [3.05, 3.63) is 28.4 Å². The van der Waals surface area contributed by atoms with Gasteiger partial charge in [-0.05, 0) is 0 Å². The van der Waals surface area contributed by atoms with Gasteiger partial charge in [-0.3, -0.25) is 14.4 Å². The quantitative estimate of drug-likeness (QED) is 0.708. The number of aromatic amines is 1. The minimum Gasteiger partial charge on any atom is -0.469 e. The zero-order valence-electron chi connectivity index (χ0n) is 9.60. The van der Waals surface area contributed by atoms with Crippen LogP contribution in [0.25, 0.3) is 0 Å². The van der Waals surface area contributed by atoms with Crippen molar-refractivity contribution in [1.82, 2.24) is 14.9 Å². The van der Waals surface area contributed by atoms with Gasteiger partial charge in [0.25, 0.3) is 11.5 Å². The molecule has 0 aliphatic heterocycles. The minimum atomic E-state index is -0.390. The second-order valence-electron chi connectivity index (χ2n) is 3.35. The summed E-state index contributed by atoms with van der Waals surface area (Å²) in [6.07, 6.45) is 2.38. The third kappa shape index (κ3) is 3.71. The molecule has 0 unspecified atom stereocenters. The molecular formula is C10H13N3O4. The average Bonchev–Trinajstić information content (AvgIpc) is 2.35. The molecule has 1 heterocycles. The number of carbonyl (C=O) groups excluding carboxylic acids is 2. The number of rotatable bonds is 4. The van der Waals surface area contributed by atoms with Gasteiger partial charge in [0.15, 0.2) is 0 Å². The first-order chi connectivity index (χ1) is 8.04. The van der Waals surface area contributed by atoms with Crippen LogP contribution in [0.1, 0.15) is 16.9 Å². The summed E-state index contributed by atoms with van der Waals surface area (Å²) in [6.45, 7) is 0.228. The lowest BCUT2D eigenvalue weighted by atomic mass is 10.3. The zero-order chi connectivity index (χ0) is 12.8. The molecular weight excluding hydrogens is 226 g/mol. The average molecular weight is 239 g/mol. The number of H-pyrrole nitrogens is 1. The maximum atomic E-state index is 11.7. The first kappa shape index (κ1) is 12.9. The van der Waals surface area contributed by atoms with E-state index in [2.05, 4.69) is 14.7 Å². The third-order valence-electron chi connectivity index (χ3n) is 2.12. The Morgan fingerprint density at radius 3 is 2.76 bits per heavy atom. The maximum Gasteiger partial charge on any atom is 0.307 e. The van der Waals surface area contributed by atoms with Crippen molar-refractivity contribution in [2.75, 3.05) is 20.7 Å². The molecule has 0 atom stereocenters. The van der Waals surface area contributed by atoms with E-state index in [-0.39, 0.29) is 36.1 Å². The largest absolute Gasteiger partial charge is 0.469 e. The van der Waals surface area contributed by atoms with E-state index >= 15 is 0 Å². The van der Waals surface area contributed by atoms with Crippen LogP contribution in [-0.2, 0) is 9.53 Å². The number of nitrogens with one attached hydrogen (secondary N) is 1. The van der Waals surface area contributed by atoms with Crippen LogP contribution in [0.2, 0.25) is 0 Å². The highest BCUT2D eigenvalue weighted by Gasteiger charge is 2.14. The van der Waals surface area contributed by atoms with Crippen molar-refractivity contribution in [2.45, 2.75) is 6.42 Å². The fourth-order valence-corrected chi connectivity index (χ4v) is 1.12. The molecule has 0 aliphatic rings. The Bertz CT molecular complexity index is 448. The Labute approximate surface area is 97.4 Å². The van der Waals surface area contributed by atoms with Crippen molar-refractivity contribution in [3.8, 4) is 0 Å². The fourth-order valence-electron chi connectivity index (χ4n) is 1.12. The van der Waals surface area contributed by atoms with Gasteiger partial charge in [0.2, 0.25) is 0 Å². The zero-order valence-corrected chi connectivity index (χ0v) is 9.60. The molecule has 0 saturated heterocycles. The summed E-state index contributed by atoms with van der Waals surface area (Å²) in [5, 5.41) is 0. The molecule has 0 aromatic carbocycles. The summed E-state index contributed by atoms with van der Waals surface area (Å²) in [4.78, 5) is 40.8. The number of esters is 1. The topological polar surface area (TPSA) is 92.4 Å². The van der Waals surface area contributed by atoms with Gasteiger partial charge < -0.3 is 14.6 Å². The van der Waals surface area contributed by atoms with E-state index in [0.29, 0.717) is 0 Å². The van der Waals surface area contributed by atoms with Crippen LogP contribution in [0, 0.1) is 0 Å². The number of nitrogens with zero attached hydrogens (tertiary/aromatic N) is 2. The first-order valence-electron chi connectivity index (χ1n) is 4.91. The lowest BCUT2D eigenvalue weighted by Gasteiger charge is -2.15. The normalized spacial score (nSPS) is 9.76. The van der Waals surface area contributed by atoms with Gasteiger partial charge in [-0.15, -0.1) is 0 Å². The van der Waals surface area contributed by atoms with E-state index in [1.54, 1.807) is 0 Å². The fraction of sp³-hybridized carbons (Fsp3) is 0.400. The number of hydrogen-bond donors (Lipinski definition) is 1. The highest BCUT2D eigenvalue weighted by atomic mass is 16.5. The number of methoxy groups -OCH3 is 1. The summed E-state index contributed by atoms with van der Waals surface area (Å²) in [6, 6.07) is 0. The SMILES string of the molecule is COC(=O)CCN(C)C(=O)c1c[nH]c(=O)cn1. The third-order valence-corrected chi connectivity index (χ3v) is 2.12. The molecule has 17 heavy (non-hydrogen) atoms. The standard InChI is InChI=1S/C10H13N3O4/c1-13(4-3-9(15)17-2)10(16)7-5-12-8(14)6-11-7/h5-6H,3-4H2,1-2H3,(H,12,14). The first-order valence-corrected chi connectivity index (χ1v) is 4.91. The van der Waals surface area contributed by atoms with Crippen LogP contribution in [0.5, 0.6) is 0 Å². The van der Waals surface area contributed by atoms with E-state index in [1.165, 1.54) is 25.3 Å². The summed E-state index contributed by atoms with van der Waals surface area (Å²) >= 11 is 0. The lowest BCUT2D eigenvalue weighted by molar-refractivity contribution is -0.140. The monoisotopic (exact) mass is 239 g/mol. The van der Waals surface area contributed by atoms with Crippen LogP contribution in [0.3, 0.4) is 0 Å². The summed E-state index contributed by atoms with van der Waals surface area (Å²) in [5.41, 5.74) is -0.254. The highest BCUT2D eigenvalue weighted by Crippen LogP contribution is 1.98. The van der Waals surface area contributed by atoms with Crippen molar-refractivity contribution in [3.63, 3.8) is 0 Å². The predicted octanol–water partition coefficient (Wildman–Crippen LogP) is -0.595. The second kappa shape index (κ2) is 5.78. The van der Waals surface area contributed by atoms with Gasteiger partial charge in [-0.1, -0.05) is 0 Å². The second-order valence-corrected chi connectivity index (χ2v) is 3.35. The summed E-state index contributed by atoms with van der Waals surface area (Å²) in [5.74, 6) is -0.760. The number of carbonyl (C=O) groups is 2. The summed E-state index contributed by atoms with van der Waals surface area (Å²) < 4.78 is 4.46. The van der Waals surface area contributed by atoms with E-state index < -0.39 is 0 Å². The van der Waals surface area contributed by atoms with Crippen molar-refractivity contribution in [1.29, 1.82) is 0 Å². The molecule has 7 heteroatoms. The molecule has 0 aliphatic carbocycles. The molecule has 1 aromatic rings. The van der Waals surface area contributed by atoms with Crippen molar-refractivity contribution < 1.29 is 14.3 Å².